The van der Waals surface area contributed by atoms with Crippen LogP contribution in [0, 0.1) is 12.7 Å². The van der Waals surface area contributed by atoms with Gasteiger partial charge in [0, 0.05) is 23.6 Å². The highest BCUT2D eigenvalue weighted by molar-refractivity contribution is 7.92. The lowest BCUT2D eigenvalue weighted by Crippen LogP contribution is -2.50. The average molecular weight is 566 g/mol. The van der Waals surface area contributed by atoms with Gasteiger partial charge in [-0.05, 0) is 67.9 Å². The Morgan fingerprint density at radius 2 is 1.62 bits per heavy atom. The lowest BCUT2D eigenvalue weighted by atomic mass is 10.1. The molecule has 2 amide bonds. The first-order chi connectivity index (χ1) is 17.4. The Kier molecular flexibility index (Phi) is 9.17. The average Bonchev–Trinajstić information content (AvgIpc) is 2.86. The molecule has 1 N–H and O–H groups in total. The summed E-state index contributed by atoms with van der Waals surface area (Å²) in [4.78, 5) is 27.4. The first-order valence-corrected chi connectivity index (χ1v) is 13.4. The fraction of sp³-hybridized carbons (Fsp3) is 0.231. The molecule has 0 aliphatic carbocycles. The molecule has 0 aliphatic rings. The Hall–Kier alpha value is -3.14. The number of amides is 2. The number of nitrogens with one attached hydrogen (secondary N) is 1. The predicted molar refractivity (Wildman–Crippen MR) is 143 cm³/mol. The Morgan fingerprint density at radius 3 is 2.19 bits per heavy atom. The van der Waals surface area contributed by atoms with Crippen LogP contribution in [0.25, 0.3) is 0 Å². The van der Waals surface area contributed by atoms with E-state index in [4.69, 9.17) is 23.2 Å². The van der Waals surface area contributed by atoms with Crippen molar-refractivity contribution >= 4 is 50.7 Å². The number of nitrogens with zero attached hydrogens (tertiary/aromatic N) is 2. The van der Waals surface area contributed by atoms with E-state index in [-0.39, 0.29) is 22.2 Å². The van der Waals surface area contributed by atoms with Crippen LogP contribution in [0.1, 0.15) is 18.1 Å². The van der Waals surface area contributed by atoms with Crippen molar-refractivity contribution in [2.75, 3.05) is 17.9 Å². The van der Waals surface area contributed by atoms with Crippen LogP contribution in [0.3, 0.4) is 0 Å². The normalized spacial score (nSPS) is 12.1. The molecule has 0 aromatic heterocycles. The largest absolute Gasteiger partial charge is 0.357 e. The van der Waals surface area contributed by atoms with Crippen molar-refractivity contribution in [3.63, 3.8) is 0 Å². The molecule has 0 saturated heterocycles. The molecule has 0 fully saturated rings. The van der Waals surface area contributed by atoms with Crippen LogP contribution in [-0.2, 0) is 26.2 Å². The lowest BCUT2D eigenvalue weighted by molar-refractivity contribution is -0.139. The van der Waals surface area contributed by atoms with Gasteiger partial charge in [-0.1, -0.05) is 47.0 Å². The van der Waals surface area contributed by atoms with Gasteiger partial charge in [0.1, 0.15) is 18.4 Å². The quantitative estimate of drug-likeness (QED) is 0.403. The maximum Gasteiger partial charge on any atom is 0.264 e. The van der Waals surface area contributed by atoms with E-state index >= 15 is 0 Å². The molecule has 0 bridgehead atoms. The van der Waals surface area contributed by atoms with Crippen molar-refractivity contribution < 1.29 is 22.4 Å². The van der Waals surface area contributed by atoms with Gasteiger partial charge in [-0.25, -0.2) is 12.8 Å². The summed E-state index contributed by atoms with van der Waals surface area (Å²) in [5.41, 5.74) is 1.46. The molecule has 0 radical (unpaired) electrons. The first-order valence-electron chi connectivity index (χ1n) is 11.2. The number of aryl methyl sites for hydroxylation is 1. The first kappa shape index (κ1) is 28.4. The van der Waals surface area contributed by atoms with Crippen LogP contribution in [-0.4, -0.2) is 44.8 Å². The van der Waals surface area contributed by atoms with Crippen LogP contribution in [0.2, 0.25) is 10.0 Å². The number of hydrogen-bond donors (Lipinski definition) is 1. The highest BCUT2D eigenvalue weighted by Gasteiger charge is 2.32. The van der Waals surface area contributed by atoms with Crippen LogP contribution in [0.5, 0.6) is 0 Å². The van der Waals surface area contributed by atoms with E-state index in [1.165, 1.54) is 49.2 Å². The molecule has 3 aromatic carbocycles. The van der Waals surface area contributed by atoms with Gasteiger partial charge in [0.25, 0.3) is 10.0 Å². The Labute approximate surface area is 225 Å². The van der Waals surface area contributed by atoms with E-state index in [9.17, 15) is 22.4 Å². The van der Waals surface area contributed by atoms with Crippen molar-refractivity contribution in [2.45, 2.75) is 31.3 Å². The fourth-order valence-electron chi connectivity index (χ4n) is 3.60. The van der Waals surface area contributed by atoms with E-state index in [1.54, 1.807) is 24.3 Å². The molecule has 0 aliphatic heterocycles. The van der Waals surface area contributed by atoms with E-state index in [2.05, 4.69) is 5.32 Å². The molecule has 0 saturated carbocycles. The summed E-state index contributed by atoms with van der Waals surface area (Å²) in [5.74, 6) is -1.68. The molecule has 0 spiro atoms. The zero-order valence-electron chi connectivity index (χ0n) is 20.4. The number of benzene rings is 3. The second-order valence-corrected chi connectivity index (χ2v) is 11.1. The smallest absolute Gasteiger partial charge is 0.264 e. The molecule has 0 heterocycles. The van der Waals surface area contributed by atoms with Crippen molar-refractivity contribution in [2.24, 2.45) is 0 Å². The number of carbonyl (C=O) groups excluding carboxylic acids is 2. The molecule has 37 heavy (non-hydrogen) atoms. The van der Waals surface area contributed by atoms with Crippen LogP contribution in [0.4, 0.5) is 10.1 Å². The van der Waals surface area contributed by atoms with Gasteiger partial charge in [-0.2, -0.15) is 0 Å². The molecule has 7 nitrogen and oxygen atoms in total. The number of halogens is 3. The Balaban J connectivity index is 2.04. The maximum absolute atomic E-state index is 13.7. The number of sulfonamides is 1. The predicted octanol–water partition coefficient (Wildman–Crippen LogP) is 4.80. The standard InChI is InChI=1S/C26H26Cl2FN3O4S/c1-17-4-12-23(13-5-17)37(35,36)32(22-10-8-21(29)9-11-22)16-25(33)31(18(2)26(34)30-3)15-19-6-7-20(27)14-24(19)28/h4-14,18H,15-16H2,1-3H3,(H,30,34)/t18-/m0/s1. The molecular formula is C26H26Cl2FN3O4S. The molecule has 1 atom stereocenters. The third kappa shape index (κ3) is 6.80. The molecule has 3 aromatic rings. The van der Waals surface area contributed by atoms with Crippen molar-refractivity contribution in [3.05, 3.63) is 93.7 Å². The van der Waals surface area contributed by atoms with Gasteiger partial charge in [0.15, 0.2) is 0 Å². The summed E-state index contributed by atoms with van der Waals surface area (Å²) in [6, 6.07) is 14.7. The topological polar surface area (TPSA) is 86.8 Å². The monoisotopic (exact) mass is 565 g/mol. The molecule has 196 valence electrons. The minimum absolute atomic E-state index is 0.0399. The van der Waals surface area contributed by atoms with E-state index in [0.717, 1.165) is 22.0 Å². The van der Waals surface area contributed by atoms with E-state index in [0.29, 0.717) is 10.6 Å². The van der Waals surface area contributed by atoms with E-state index < -0.39 is 40.2 Å². The summed E-state index contributed by atoms with van der Waals surface area (Å²) < 4.78 is 41.8. The molecule has 11 heteroatoms. The zero-order chi connectivity index (χ0) is 27.3. The van der Waals surface area contributed by atoms with Gasteiger partial charge >= 0.3 is 0 Å². The van der Waals surface area contributed by atoms with Gasteiger partial charge in [0.2, 0.25) is 11.8 Å². The number of likely N-dealkylation sites (N-methyl/N-ethyl adjacent to an activating group) is 1. The Bertz CT molecular complexity index is 1380. The van der Waals surface area contributed by atoms with Gasteiger partial charge in [-0.3, -0.25) is 13.9 Å². The second kappa shape index (κ2) is 11.9. The third-order valence-corrected chi connectivity index (χ3v) is 8.15. The van der Waals surface area contributed by atoms with Crippen LogP contribution < -0.4 is 9.62 Å². The molecule has 0 unspecified atom stereocenters. The summed E-state index contributed by atoms with van der Waals surface area (Å²) in [6.07, 6.45) is 0. The van der Waals surface area contributed by atoms with Gasteiger partial charge < -0.3 is 10.2 Å². The van der Waals surface area contributed by atoms with E-state index in [1.807, 2.05) is 6.92 Å². The number of anilines is 1. The zero-order valence-corrected chi connectivity index (χ0v) is 22.7. The molecule has 3 rings (SSSR count). The van der Waals surface area contributed by atoms with Crippen molar-refractivity contribution in [1.82, 2.24) is 10.2 Å². The van der Waals surface area contributed by atoms with Gasteiger partial charge in [-0.15, -0.1) is 0 Å². The number of rotatable bonds is 9. The number of carbonyl (C=O) groups is 2. The van der Waals surface area contributed by atoms with Crippen molar-refractivity contribution in [1.29, 1.82) is 0 Å². The van der Waals surface area contributed by atoms with Gasteiger partial charge in [0.05, 0.1) is 10.6 Å². The fourth-order valence-corrected chi connectivity index (χ4v) is 5.48. The third-order valence-electron chi connectivity index (χ3n) is 5.77. The number of hydrogen-bond acceptors (Lipinski definition) is 4. The lowest BCUT2D eigenvalue weighted by Gasteiger charge is -2.32. The second-order valence-electron chi connectivity index (χ2n) is 8.35. The van der Waals surface area contributed by atoms with Crippen LogP contribution in [0.15, 0.2) is 71.6 Å². The van der Waals surface area contributed by atoms with Crippen LogP contribution >= 0.6 is 23.2 Å². The SMILES string of the molecule is CNC(=O)[C@H](C)N(Cc1ccc(Cl)cc1Cl)C(=O)CN(c1ccc(F)cc1)S(=O)(=O)c1ccc(C)cc1. The van der Waals surface area contributed by atoms with Crippen molar-refractivity contribution in [3.8, 4) is 0 Å². The summed E-state index contributed by atoms with van der Waals surface area (Å²) in [6.45, 7) is 2.62. The highest BCUT2D eigenvalue weighted by atomic mass is 35.5. The Morgan fingerprint density at radius 1 is 1.00 bits per heavy atom. The minimum atomic E-state index is -4.23. The molecular weight excluding hydrogens is 540 g/mol. The minimum Gasteiger partial charge on any atom is -0.357 e. The highest BCUT2D eigenvalue weighted by Crippen LogP contribution is 2.27. The maximum atomic E-state index is 13.7. The summed E-state index contributed by atoms with van der Waals surface area (Å²) in [5, 5.41) is 3.19. The summed E-state index contributed by atoms with van der Waals surface area (Å²) >= 11 is 12.3. The summed E-state index contributed by atoms with van der Waals surface area (Å²) in [7, 11) is -2.80.